The van der Waals surface area contributed by atoms with Gasteiger partial charge in [0.25, 0.3) is 5.91 Å². The molecule has 0 saturated heterocycles. The molecule has 2 aromatic rings. The van der Waals surface area contributed by atoms with Gasteiger partial charge < -0.3 is 20.3 Å². The Kier molecular flexibility index (Phi) is 9.38. The molecule has 0 fully saturated rings. The Labute approximate surface area is 195 Å². The molecule has 0 aromatic heterocycles. The van der Waals surface area contributed by atoms with Crippen molar-refractivity contribution in [2.45, 2.75) is 39.2 Å². The van der Waals surface area contributed by atoms with E-state index in [0.29, 0.717) is 49.7 Å². The average molecular weight is 458 g/mol. The summed E-state index contributed by atoms with van der Waals surface area (Å²) in [5.74, 6) is 0.193. The van der Waals surface area contributed by atoms with E-state index in [4.69, 9.17) is 16.3 Å². The summed E-state index contributed by atoms with van der Waals surface area (Å²) in [4.78, 5) is 27.5. The summed E-state index contributed by atoms with van der Waals surface area (Å²) in [7, 11) is 0. The summed E-state index contributed by atoms with van der Waals surface area (Å²) in [6.07, 6.45) is 2.66. The van der Waals surface area contributed by atoms with E-state index < -0.39 is 0 Å². The van der Waals surface area contributed by atoms with Gasteiger partial charge in [0.15, 0.2) is 0 Å². The highest BCUT2D eigenvalue weighted by atomic mass is 35.5. The number of hydrogen-bond donors (Lipinski definition) is 2. The van der Waals surface area contributed by atoms with Crippen LogP contribution in [-0.4, -0.2) is 44.0 Å². The molecule has 0 atom stereocenters. The Morgan fingerprint density at radius 2 is 1.94 bits per heavy atom. The molecule has 1 aliphatic rings. The van der Waals surface area contributed by atoms with Gasteiger partial charge in [-0.1, -0.05) is 24.3 Å². The number of nitrogens with zero attached hydrogens (tertiary/aromatic N) is 1. The molecular weight excluding hydrogens is 426 g/mol. The van der Waals surface area contributed by atoms with E-state index in [1.54, 1.807) is 6.07 Å². The van der Waals surface area contributed by atoms with Crippen LogP contribution in [0.5, 0.6) is 0 Å². The third-order valence-electron chi connectivity index (χ3n) is 5.49. The van der Waals surface area contributed by atoms with E-state index in [9.17, 15) is 9.59 Å². The topological polar surface area (TPSA) is 70.7 Å². The van der Waals surface area contributed by atoms with Crippen molar-refractivity contribution in [1.29, 1.82) is 0 Å². The second kappa shape index (κ2) is 12.5. The van der Waals surface area contributed by atoms with Crippen LogP contribution in [0.2, 0.25) is 0 Å². The minimum atomic E-state index is -0.146. The summed E-state index contributed by atoms with van der Waals surface area (Å²) in [6.45, 7) is 5.36. The zero-order valence-corrected chi connectivity index (χ0v) is 19.4. The highest BCUT2D eigenvalue weighted by molar-refractivity contribution is 6.18. The minimum absolute atomic E-state index is 0.103. The molecule has 7 heteroatoms. The molecule has 0 radical (unpaired) electrons. The Balaban J connectivity index is 1.78. The molecule has 1 heterocycles. The van der Waals surface area contributed by atoms with E-state index in [1.165, 1.54) is 11.1 Å². The van der Waals surface area contributed by atoms with Crippen LogP contribution in [0, 0.1) is 0 Å². The summed E-state index contributed by atoms with van der Waals surface area (Å²) >= 11 is 5.69. The maximum atomic E-state index is 13.1. The largest absolute Gasteiger partial charge is 0.382 e. The van der Waals surface area contributed by atoms with E-state index in [0.717, 1.165) is 31.6 Å². The third-order valence-corrected chi connectivity index (χ3v) is 5.76. The first-order valence-electron chi connectivity index (χ1n) is 11.3. The molecule has 0 spiro atoms. The molecule has 6 nitrogen and oxygen atoms in total. The molecule has 0 unspecified atom stereocenters. The highest BCUT2D eigenvalue weighted by Gasteiger charge is 2.22. The number of carbonyl (C=O) groups is 2. The number of fused-ring (bicyclic) bond motifs is 1. The molecule has 1 aliphatic heterocycles. The van der Waals surface area contributed by atoms with Gasteiger partial charge in [0.1, 0.15) is 0 Å². The van der Waals surface area contributed by atoms with E-state index in [1.807, 2.05) is 25.1 Å². The standard InChI is InChI=1S/C25H32ClN3O3/c1-2-32-16-6-14-27-25(31)22-17-21(28-24(30)9-5-13-26)10-11-23(22)29-15-12-19-7-3-4-8-20(19)18-29/h3-4,7-8,10-11,17H,2,5-6,9,12-16,18H2,1H3,(H,27,31)(H,28,30). The Bertz CT molecular complexity index is 919. The van der Waals surface area contributed by atoms with Crippen LogP contribution in [0.25, 0.3) is 0 Å². The first kappa shape index (κ1) is 24.1. The highest BCUT2D eigenvalue weighted by Crippen LogP contribution is 2.29. The number of carbonyl (C=O) groups excluding carboxylic acids is 2. The Morgan fingerprint density at radius 1 is 1.12 bits per heavy atom. The predicted octanol–water partition coefficient (Wildman–Crippen LogP) is 4.36. The fourth-order valence-corrected chi connectivity index (χ4v) is 3.97. The van der Waals surface area contributed by atoms with Crippen molar-refractivity contribution in [1.82, 2.24) is 5.32 Å². The van der Waals surface area contributed by atoms with Crippen LogP contribution >= 0.6 is 11.6 Å². The predicted molar refractivity (Wildman–Crippen MR) is 130 cm³/mol. The minimum Gasteiger partial charge on any atom is -0.382 e. The van der Waals surface area contributed by atoms with Crippen LogP contribution < -0.4 is 15.5 Å². The van der Waals surface area contributed by atoms with Crippen LogP contribution in [-0.2, 0) is 22.5 Å². The zero-order chi connectivity index (χ0) is 22.8. The SMILES string of the molecule is CCOCCCNC(=O)c1cc(NC(=O)CCCCl)ccc1N1CCc2ccccc2C1. The fourth-order valence-electron chi connectivity index (χ4n) is 3.84. The molecule has 172 valence electrons. The van der Waals surface area contributed by atoms with E-state index in [-0.39, 0.29) is 11.8 Å². The number of ether oxygens (including phenoxy) is 1. The van der Waals surface area contributed by atoms with Gasteiger partial charge in [-0.05, 0) is 55.5 Å². The van der Waals surface area contributed by atoms with Crippen LogP contribution in [0.4, 0.5) is 11.4 Å². The Hall–Kier alpha value is -2.57. The lowest BCUT2D eigenvalue weighted by Gasteiger charge is -2.32. The molecule has 0 aliphatic carbocycles. The normalized spacial score (nSPS) is 12.9. The number of alkyl halides is 1. The summed E-state index contributed by atoms with van der Waals surface area (Å²) < 4.78 is 5.35. The lowest BCUT2D eigenvalue weighted by Crippen LogP contribution is -2.33. The second-order valence-corrected chi connectivity index (χ2v) is 8.20. The van der Waals surface area contributed by atoms with Crippen molar-refractivity contribution in [3.63, 3.8) is 0 Å². The molecule has 2 amide bonds. The first-order valence-corrected chi connectivity index (χ1v) is 11.8. The van der Waals surface area contributed by atoms with E-state index >= 15 is 0 Å². The fraction of sp³-hybridized carbons (Fsp3) is 0.440. The van der Waals surface area contributed by atoms with Crippen LogP contribution in [0.1, 0.15) is 47.7 Å². The number of benzene rings is 2. The van der Waals surface area contributed by atoms with Gasteiger partial charge in [0.05, 0.1) is 5.56 Å². The maximum Gasteiger partial charge on any atom is 0.253 e. The number of amides is 2. The Morgan fingerprint density at radius 3 is 2.72 bits per heavy atom. The van der Waals surface area contributed by atoms with E-state index in [2.05, 4.69) is 33.7 Å². The number of anilines is 2. The van der Waals surface area contributed by atoms with Gasteiger partial charge in [-0.15, -0.1) is 11.6 Å². The van der Waals surface area contributed by atoms with Crippen LogP contribution in [0.15, 0.2) is 42.5 Å². The van der Waals surface area contributed by atoms with Crippen molar-refractivity contribution >= 4 is 34.8 Å². The molecule has 32 heavy (non-hydrogen) atoms. The van der Waals surface area contributed by atoms with Gasteiger partial charge in [0, 0.05) is 56.5 Å². The average Bonchev–Trinajstić information content (AvgIpc) is 2.82. The van der Waals surface area contributed by atoms with Crippen molar-refractivity contribution in [2.24, 2.45) is 0 Å². The number of nitrogens with one attached hydrogen (secondary N) is 2. The quantitative estimate of drug-likeness (QED) is 0.388. The van der Waals surface area contributed by atoms with Gasteiger partial charge in [-0.3, -0.25) is 9.59 Å². The summed E-state index contributed by atoms with van der Waals surface area (Å²) in [5, 5.41) is 5.88. The number of rotatable bonds is 11. The smallest absolute Gasteiger partial charge is 0.253 e. The van der Waals surface area contributed by atoms with Crippen molar-refractivity contribution in [3.05, 3.63) is 59.2 Å². The van der Waals surface area contributed by atoms with Crippen molar-refractivity contribution < 1.29 is 14.3 Å². The molecule has 3 rings (SSSR count). The molecule has 0 bridgehead atoms. The third kappa shape index (κ3) is 6.71. The first-order chi connectivity index (χ1) is 15.6. The zero-order valence-electron chi connectivity index (χ0n) is 18.7. The monoisotopic (exact) mass is 457 g/mol. The van der Waals surface area contributed by atoms with Gasteiger partial charge >= 0.3 is 0 Å². The summed E-state index contributed by atoms with van der Waals surface area (Å²) in [6, 6.07) is 14.0. The second-order valence-electron chi connectivity index (χ2n) is 7.82. The van der Waals surface area contributed by atoms with Crippen molar-refractivity contribution in [3.8, 4) is 0 Å². The van der Waals surface area contributed by atoms with Gasteiger partial charge in [0.2, 0.25) is 5.91 Å². The van der Waals surface area contributed by atoms with Crippen LogP contribution in [0.3, 0.4) is 0 Å². The lowest BCUT2D eigenvalue weighted by molar-refractivity contribution is -0.116. The number of halogens is 1. The summed E-state index contributed by atoms with van der Waals surface area (Å²) in [5.41, 5.74) is 4.69. The molecular formula is C25H32ClN3O3. The lowest BCUT2D eigenvalue weighted by atomic mass is 9.98. The van der Waals surface area contributed by atoms with Crippen molar-refractivity contribution in [2.75, 3.05) is 42.4 Å². The molecule has 0 saturated carbocycles. The molecule has 2 N–H and O–H groups in total. The van der Waals surface area contributed by atoms with Gasteiger partial charge in [-0.2, -0.15) is 0 Å². The maximum absolute atomic E-state index is 13.1. The molecule has 2 aromatic carbocycles. The number of hydrogen-bond acceptors (Lipinski definition) is 4. The van der Waals surface area contributed by atoms with Gasteiger partial charge in [-0.25, -0.2) is 0 Å².